The molecule has 98 valence electrons. The summed E-state index contributed by atoms with van der Waals surface area (Å²) in [5.74, 6) is 1.78. The normalized spacial score (nSPS) is 43.4. The molecule has 3 unspecified atom stereocenters. The van der Waals surface area contributed by atoms with Crippen LogP contribution in [0, 0.1) is 17.3 Å². The second kappa shape index (κ2) is 4.24. The van der Waals surface area contributed by atoms with Gasteiger partial charge >= 0.3 is 0 Å². The summed E-state index contributed by atoms with van der Waals surface area (Å²) < 4.78 is 11.8. The summed E-state index contributed by atoms with van der Waals surface area (Å²) in [6, 6.07) is 0. The molecule has 3 aliphatic rings. The fraction of sp³-hybridized carbons (Fsp3) is 1.00. The molecular weight excluding hydrogens is 212 g/mol. The first-order chi connectivity index (χ1) is 8.16. The highest BCUT2D eigenvalue weighted by molar-refractivity contribution is 4.98. The number of ether oxygens (including phenoxy) is 2. The van der Waals surface area contributed by atoms with Crippen LogP contribution >= 0.6 is 0 Å². The van der Waals surface area contributed by atoms with Crippen LogP contribution in [0.1, 0.15) is 52.4 Å². The van der Waals surface area contributed by atoms with Gasteiger partial charge in [0.05, 0.1) is 25.4 Å². The van der Waals surface area contributed by atoms with E-state index in [0.717, 1.165) is 31.7 Å². The molecule has 1 heterocycles. The van der Waals surface area contributed by atoms with Gasteiger partial charge in [-0.3, -0.25) is 0 Å². The maximum Gasteiger partial charge on any atom is 0.0685 e. The summed E-state index contributed by atoms with van der Waals surface area (Å²) >= 11 is 0. The highest BCUT2D eigenvalue weighted by atomic mass is 16.5. The summed E-state index contributed by atoms with van der Waals surface area (Å²) in [5, 5.41) is 0. The SMILES string of the molecule is CCC1(COC2(C)CC3CCCC2C3)COC1. The lowest BCUT2D eigenvalue weighted by molar-refractivity contribution is -0.184. The minimum Gasteiger partial charge on any atom is -0.380 e. The molecule has 3 atom stereocenters. The highest BCUT2D eigenvalue weighted by Gasteiger charge is 2.48. The predicted molar refractivity (Wildman–Crippen MR) is 68.0 cm³/mol. The van der Waals surface area contributed by atoms with Crippen molar-refractivity contribution in [2.45, 2.75) is 58.0 Å². The Morgan fingerprint density at radius 3 is 2.71 bits per heavy atom. The molecule has 2 nitrogen and oxygen atoms in total. The lowest BCUT2D eigenvalue weighted by Gasteiger charge is -2.43. The molecule has 2 bridgehead atoms. The molecule has 0 N–H and O–H groups in total. The summed E-state index contributed by atoms with van der Waals surface area (Å²) in [4.78, 5) is 0. The van der Waals surface area contributed by atoms with Gasteiger partial charge in [-0.25, -0.2) is 0 Å². The number of hydrogen-bond donors (Lipinski definition) is 0. The molecule has 0 spiro atoms. The summed E-state index contributed by atoms with van der Waals surface area (Å²) in [7, 11) is 0. The lowest BCUT2D eigenvalue weighted by Crippen LogP contribution is -2.48. The first-order valence-electron chi connectivity index (χ1n) is 7.37. The van der Waals surface area contributed by atoms with Gasteiger partial charge in [0.15, 0.2) is 0 Å². The Hall–Kier alpha value is -0.0800. The lowest BCUT2D eigenvalue weighted by atomic mass is 9.83. The maximum atomic E-state index is 6.42. The molecule has 2 aliphatic carbocycles. The molecule has 2 saturated carbocycles. The van der Waals surface area contributed by atoms with E-state index in [1.54, 1.807) is 0 Å². The Bertz CT molecular complexity index is 279. The fourth-order valence-electron chi connectivity index (χ4n) is 4.05. The molecule has 1 aliphatic heterocycles. The minimum atomic E-state index is 0.179. The molecule has 1 saturated heterocycles. The van der Waals surface area contributed by atoms with E-state index >= 15 is 0 Å². The first kappa shape index (κ1) is 12.0. The molecule has 0 aromatic heterocycles. The third-order valence-electron chi connectivity index (χ3n) is 5.61. The van der Waals surface area contributed by atoms with Gasteiger partial charge in [-0.1, -0.05) is 19.8 Å². The number of hydrogen-bond acceptors (Lipinski definition) is 2. The second-order valence-electron chi connectivity index (χ2n) is 6.88. The standard InChI is InChI=1S/C15H26O2/c1-3-15(9-16-10-15)11-17-14(2)8-12-5-4-6-13(14)7-12/h12-13H,3-11H2,1-2H3. The quantitative estimate of drug-likeness (QED) is 0.747. The van der Waals surface area contributed by atoms with E-state index in [2.05, 4.69) is 13.8 Å². The van der Waals surface area contributed by atoms with Crippen molar-refractivity contribution in [1.29, 1.82) is 0 Å². The van der Waals surface area contributed by atoms with E-state index < -0.39 is 0 Å². The first-order valence-corrected chi connectivity index (χ1v) is 7.37. The van der Waals surface area contributed by atoms with E-state index in [1.807, 2.05) is 0 Å². The Morgan fingerprint density at radius 2 is 2.12 bits per heavy atom. The smallest absolute Gasteiger partial charge is 0.0685 e. The Labute approximate surface area is 105 Å². The van der Waals surface area contributed by atoms with Gasteiger partial charge in [0, 0.05) is 5.41 Å². The van der Waals surface area contributed by atoms with Gasteiger partial charge in [-0.15, -0.1) is 0 Å². The van der Waals surface area contributed by atoms with Crippen LogP contribution in [-0.2, 0) is 9.47 Å². The third kappa shape index (κ3) is 2.04. The minimum absolute atomic E-state index is 0.179. The molecule has 0 radical (unpaired) electrons. The number of fused-ring (bicyclic) bond motifs is 2. The van der Waals surface area contributed by atoms with Gasteiger partial charge in [0.25, 0.3) is 0 Å². The highest BCUT2D eigenvalue weighted by Crippen LogP contribution is 2.50. The summed E-state index contributed by atoms with van der Waals surface area (Å²) in [6.45, 7) is 7.37. The van der Waals surface area contributed by atoms with Crippen LogP contribution in [0.3, 0.4) is 0 Å². The zero-order valence-corrected chi connectivity index (χ0v) is 11.3. The monoisotopic (exact) mass is 238 g/mol. The summed E-state index contributed by atoms with van der Waals surface area (Å²) in [5.41, 5.74) is 0.526. The van der Waals surface area contributed by atoms with E-state index in [1.165, 1.54) is 38.5 Å². The van der Waals surface area contributed by atoms with Crippen LogP contribution in [0.5, 0.6) is 0 Å². The second-order valence-corrected chi connectivity index (χ2v) is 6.88. The van der Waals surface area contributed by atoms with Crippen molar-refractivity contribution >= 4 is 0 Å². The van der Waals surface area contributed by atoms with E-state index in [0.29, 0.717) is 5.41 Å². The Balaban J connectivity index is 1.60. The molecule has 0 amide bonds. The molecule has 2 heteroatoms. The Kier molecular flexibility index (Phi) is 2.99. The van der Waals surface area contributed by atoms with Crippen LogP contribution in [-0.4, -0.2) is 25.4 Å². The van der Waals surface area contributed by atoms with E-state index in [-0.39, 0.29) is 5.60 Å². The van der Waals surface area contributed by atoms with Crippen molar-refractivity contribution in [2.75, 3.05) is 19.8 Å². The van der Waals surface area contributed by atoms with Gasteiger partial charge in [-0.05, 0) is 44.4 Å². The summed E-state index contributed by atoms with van der Waals surface area (Å²) in [6.07, 6.45) is 8.18. The van der Waals surface area contributed by atoms with Crippen molar-refractivity contribution in [3.8, 4) is 0 Å². The van der Waals surface area contributed by atoms with Crippen LogP contribution < -0.4 is 0 Å². The molecule has 3 rings (SSSR count). The zero-order chi connectivity index (χ0) is 11.9. The average Bonchev–Trinajstić information content (AvgIpc) is 2.49. The van der Waals surface area contributed by atoms with Crippen molar-refractivity contribution in [3.05, 3.63) is 0 Å². The van der Waals surface area contributed by atoms with Crippen LogP contribution in [0.4, 0.5) is 0 Å². The van der Waals surface area contributed by atoms with Crippen molar-refractivity contribution < 1.29 is 9.47 Å². The van der Waals surface area contributed by atoms with Gasteiger partial charge in [-0.2, -0.15) is 0 Å². The van der Waals surface area contributed by atoms with Crippen molar-refractivity contribution in [2.24, 2.45) is 17.3 Å². The predicted octanol–water partition coefficient (Wildman–Crippen LogP) is 3.40. The van der Waals surface area contributed by atoms with Crippen molar-refractivity contribution in [3.63, 3.8) is 0 Å². The molecule has 17 heavy (non-hydrogen) atoms. The van der Waals surface area contributed by atoms with Crippen LogP contribution in [0.25, 0.3) is 0 Å². The third-order valence-corrected chi connectivity index (χ3v) is 5.61. The zero-order valence-electron chi connectivity index (χ0n) is 11.3. The van der Waals surface area contributed by atoms with Gasteiger partial charge < -0.3 is 9.47 Å². The van der Waals surface area contributed by atoms with E-state index in [4.69, 9.17) is 9.47 Å². The van der Waals surface area contributed by atoms with Crippen molar-refractivity contribution in [1.82, 2.24) is 0 Å². The van der Waals surface area contributed by atoms with Gasteiger partial charge in [0.2, 0.25) is 0 Å². The van der Waals surface area contributed by atoms with Crippen LogP contribution in [0.2, 0.25) is 0 Å². The average molecular weight is 238 g/mol. The van der Waals surface area contributed by atoms with Crippen LogP contribution in [0.15, 0.2) is 0 Å². The number of rotatable bonds is 4. The fourth-order valence-corrected chi connectivity index (χ4v) is 4.05. The largest absolute Gasteiger partial charge is 0.380 e. The molecular formula is C15H26O2. The Morgan fingerprint density at radius 1 is 1.29 bits per heavy atom. The molecule has 0 aromatic carbocycles. The molecule has 0 aromatic rings. The topological polar surface area (TPSA) is 18.5 Å². The van der Waals surface area contributed by atoms with E-state index in [9.17, 15) is 0 Å². The molecule has 3 fully saturated rings. The van der Waals surface area contributed by atoms with Gasteiger partial charge in [0.1, 0.15) is 0 Å². The maximum absolute atomic E-state index is 6.42.